The van der Waals surface area contributed by atoms with Crippen molar-refractivity contribution in [3.63, 3.8) is 0 Å². The maximum Gasteiger partial charge on any atom is 0.266 e. The topological polar surface area (TPSA) is 62.1 Å². The average Bonchev–Trinajstić information content (AvgIpc) is 2.57. The number of benzene rings is 2. The van der Waals surface area contributed by atoms with Gasteiger partial charge in [0.25, 0.3) is 5.91 Å². The van der Waals surface area contributed by atoms with Gasteiger partial charge in [-0.3, -0.25) is 4.79 Å². The number of hydrogen-bond donors (Lipinski definition) is 1. The molecule has 0 radical (unpaired) electrons. The molecule has 122 valence electrons. The Balaban J connectivity index is 2.27. The minimum Gasteiger partial charge on any atom is -0.496 e. The summed E-state index contributed by atoms with van der Waals surface area (Å²) in [6.45, 7) is 1.81. The fourth-order valence-electron chi connectivity index (χ4n) is 2.02. The summed E-state index contributed by atoms with van der Waals surface area (Å²) >= 11 is 8.18. The van der Waals surface area contributed by atoms with Crippen LogP contribution in [0.1, 0.15) is 11.1 Å². The Morgan fingerprint density at radius 3 is 2.75 bits per heavy atom. The van der Waals surface area contributed by atoms with Crippen LogP contribution in [0.3, 0.4) is 0 Å². The highest BCUT2D eigenvalue weighted by atomic mass is 127. The van der Waals surface area contributed by atoms with E-state index < -0.39 is 5.91 Å². The van der Waals surface area contributed by atoms with Crippen molar-refractivity contribution >= 4 is 51.9 Å². The minimum atomic E-state index is -0.478. The number of ether oxygens (including phenoxy) is 1. The van der Waals surface area contributed by atoms with E-state index in [0.29, 0.717) is 10.7 Å². The highest BCUT2D eigenvalue weighted by Gasteiger charge is 2.12. The van der Waals surface area contributed by atoms with Crippen LogP contribution in [0.5, 0.6) is 5.75 Å². The molecule has 24 heavy (non-hydrogen) atoms. The van der Waals surface area contributed by atoms with E-state index >= 15 is 0 Å². The summed E-state index contributed by atoms with van der Waals surface area (Å²) in [7, 11) is 1.59. The normalized spacial score (nSPS) is 10.9. The Labute approximate surface area is 159 Å². The molecule has 1 N–H and O–H groups in total. The Bertz CT molecular complexity index is 857. The molecular formula is C18H14ClIN2O2. The lowest BCUT2D eigenvalue weighted by Gasteiger charge is -2.09. The number of halogens is 2. The summed E-state index contributed by atoms with van der Waals surface area (Å²) in [5, 5.41) is 12.6. The van der Waals surface area contributed by atoms with E-state index in [0.717, 1.165) is 20.4 Å². The lowest BCUT2D eigenvalue weighted by atomic mass is 10.1. The standard InChI is InChI=1S/C18H14ClIN2O2/c1-11-14(19)4-3-5-16(11)22-18(23)13(10-21)8-12-6-7-17(24-2)15(20)9-12/h3-9H,1-2H3,(H,22,23)/b13-8-. The molecule has 0 fully saturated rings. The predicted octanol–water partition coefficient (Wildman–Crippen LogP) is 4.81. The van der Waals surface area contributed by atoms with Crippen LogP contribution < -0.4 is 10.1 Å². The van der Waals surface area contributed by atoms with E-state index in [1.54, 1.807) is 44.4 Å². The van der Waals surface area contributed by atoms with Crippen molar-refractivity contribution in [3.8, 4) is 11.8 Å². The van der Waals surface area contributed by atoms with Crippen LogP contribution in [-0.4, -0.2) is 13.0 Å². The van der Waals surface area contributed by atoms with Gasteiger partial charge in [0.2, 0.25) is 0 Å². The largest absolute Gasteiger partial charge is 0.496 e. The van der Waals surface area contributed by atoms with Crippen molar-refractivity contribution < 1.29 is 9.53 Å². The monoisotopic (exact) mass is 452 g/mol. The molecule has 0 unspecified atom stereocenters. The second-order valence-corrected chi connectivity index (χ2v) is 6.50. The van der Waals surface area contributed by atoms with Gasteiger partial charge in [-0.15, -0.1) is 0 Å². The fraction of sp³-hybridized carbons (Fsp3) is 0.111. The van der Waals surface area contributed by atoms with Crippen LogP contribution in [0.2, 0.25) is 5.02 Å². The van der Waals surface area contributed by atoms with Crippen LogP contribution in [-0.2, 0) is 4.79 Å². The third-order valence-electron chi connectivity index (χ3n) is 3.37. The SMILES string of the molecule is COc1ccc(/C=C(/C#N)C(=O)Nc2cccc(Cl)c2C)cc1I. The number of rotatable bonds is 4. The lowest BCUT2D eigenvalue weighted by Crippen LogP contribution is -2.14. The van der Waals surface area contributed by atoms with Crippen molar-refractivity contribution in [2.75, 3.05) is 12.4 Å². The van der Waals surface area contributed by atoms with Crippen molar-refractivity contribution in [2.45, 2.75) is 6.92 Å². The molecule has 0 aliphatic rings. The molecule has 2 rings (SSSR count). The number of carbonyl (C=O) groups is 1. The van der Waals surface area contributed by atoms with Gasteiger partial charge in [-0.1, -0.05) is 23.7 Å². The number of amides is 1. The first-order chi connectivity index (χ1) is 11.5. The molecule has 0 aliphatic heterocycles. The van der Waals surface area contributed by atoms with Crippen LogP contribution >= 0.6 is 34.2 Å². The quantitative estimate of drug-likeness (QED) is 0.411. The van der Waals surface area contributed by atoms with E-state index in [1.807, 2.05) is 12.1 Å². The maximum absolute atomic E-state index is 12.3. The van der Waals surface area contributed by atoms with Crippen molar-refractivity contribution in [2.24, 2.45) is 0 Å². The third-order valence-corrected chi connectivity index (χ3v) is 4.62. The summed E-state index contributed by atoms with van der Waals surface area (Å²) in [4.78, 5) is 12.3. The first kappa shape index (κ1) is 18.3. The number of carbonyl (C=O) groups excluding carboxylic acids is 1. The highest BCUT2D eigenvalue weighted by Crippen LogP contribution is 2.25. The van der Waals surface area contributed by atoms with Gasteiger partial charge in [0.05, 0.1) is 10.7 Å². The molecular weight excluding hydrogens is 439 g/mol. The molecule has 0 aromatic heterocycles. The molecule has 0 bridgehead atoms. The zero-order valence-corrected chi connectivity index (χ0v) is 16.0. The van der Waals surface area contributed by atoms with Gasteiger partial charge in [-0.05, 0) is 71.0 Å². The summed E-state index contributed by atoms with van der Waals surface area (Å²) in [5.74, 6) is 0.263. The Kier molecular flexibility index (Phi) is 6.23. The van der Waals surface area contributed by atoms with E-state index in [1.165, 1.54) is 6.08 Å². The van der Waals surface area contributed by atoms with Gasteiger partial charge in [-0.2, -0.15) is 5.26 Å². The molecule has 0 saturated heterocycles. The van der Waals surface area contributed by atoms with Gasteiger partial charge in [0, 0.05) is 10.7 Å². The molecule has 2 aromatic rings. The Morgan fingerprint density at radius 1 is 1.38 bits per heavy atom. The number of hydrogen-bond acceptors (Lipinski definition) is 3. The average molecular weight is 453 g/mol. The van der Waals surface area contributed by atoms with Crippen LogP contribution in [0.25, 0.3) is 6.08 Å². The predicted molar refractivity (Wildman–Crippen MR) is 104 cm³/mol. The molecule has 4 nitrogen and oxygen atoms in total. The van der Waals surface area contributed by atoms with Crippen molar-refractivity contribution in [1.82, 2.24) is 0 Å². The summed E-state index contributed by atoms with van der Waals surface area (Å²) in [6, 6.07) is 12.6. The molecule has 0 spiro atoms. The summed E-state index contributed by atoms with van der Waals surface area (Å²) < 4.78 is 6.09. The van der Waals surface area contributed by atoms with Gasteiger partial charge in [0.1, 0.15) is 17.4 Å². The summed E-state index contributed by atoms with van der Waals surface area (Å²) in [6.07, 6.45) is 1.54. The van der Waals surface area contributed by atoms with E-state index in [4.69, 9.17) is 16.3 Å². The van der Waals surface area contributed by atoms with E-state index in [2.05, 4.69) is 27.9 Å². The molecule has 2 aromatic carbocycles. The summed E-state index contributed by atoms with van der Waals surface area (Å²) in [5.41, 5.74) is 2.09. The number of methoxy groups -OCH3 is 1. The molecule has 0 aliphatic carbocycles. The van der Waals surface area contributed by atoms with E-state index in [9.17, 15) is 10.1 Å². The lowest BCUT2D eigenvalue weighted by molar-refractivity contribution is -0.112. The van der Waals surface area contributed by atoms with Gasteiger partial charge in [-0.25, -0.2) is 0 Å². The van der Waals surface area contributed by atoms with Crippen molar-refractivity contribution in [1.29, 1.82) is 5.26 Å². The fourth-order valence-corrected chi connectivity index (χ4v) is 2.95. The molecule has 0 atom stereocenters. The van der Waals surface area contributed by atoms with Crippen LogP contribution in [0.4, 0.5) is 5.69 Å². The Morgan fingerprint density at radius 2 is 2.12 bits per heavy atom. The zero-order valence-electron chi connectivity index (χ0n) is 13.1. The number of nitrogens with zero attached hydrogens (tertiary/aromatic N) is 1. The molecule has 6 heteroatoms. The number of nitrogens with one attached hydrogen (secondary N) is 1. The van der Waals surface area contributed by atoms with Gasteiger partial charge in [0.15, 0.2) is 0 Å². The first-order valence-electron chi connectivity index (χ1n) is 6.98. The maximum atomic E-state index is 12.3. The van der Waals surface area contributed by atoms with Crippen molar-refractivity contribution in [3.05, 3.63) is 61.7 Å². The highest BCUT2D eigenvalue weighted by molar-refractivity contribution is 14.1. The van der Waals surface area contributed by atoms with E-state index in [-0.39, 0.29) is 5.57 Å². The van der Waals surface area contributed by atoms with Gasteiger partial charge < -0.3 is 10.1 Å². The van der Waals surface area contributed by atoms with Crippen LogP contribution in [0, 0.1) is 21.8 Å². The Hall–Kier alpha value is -2.04. The number of nitriles is 1. The van der Waals surface area contributed by atoms with Crippen LogP contribution in [0.15, 0.2) is 42.0 Å². The number of anilines is 1. The molecule has 0 saturated carbocycles. The molecule has 0 heterocycles. The second-order valence-electron chi connectivity index (χ2n) is 4.93. The minimum absolute atomic E-state index is 0.00958. The third kappa shape index (κ3) is 4.28. The molecule has 1 amide bonds. The second kappa shape index (κ2) is 8.18. The zero-order chi connectivity index (χ0) is 17.7. The smallest absolute Gasteiger partial charge is 0.266 e. The van der Waals surface area contributed by atoms with Gasteiger partial charge >= 0.3 is 0 Å². The first-order valence-corrected chi connectivity index (χ1v) is 8.43.